The first-order valence-electron chi connectivity index (χ1n) is 23.6. The van der Waals surface area contributed by atoms with Crippen LogP contribution in [0.1, 0.15) is 0 Å². The molecule has 0 fully saturated rings. The molecule has 0 bridgehead atoms. The van der Waals surface area contributed by atoms with Gasteiger partial charge in [-0.1, -0.05) is 231 Å². The van der Waals surface area contributed by atoms with Gasteiger partial charge in [0.05, 0.1) is 0 Å². The van der Waals surface area contributed by atoms with Crippen LogP contribution in [0.2, 0.25) is 0 Å². The number of benzene rings is 13. The largest absolute Gasteiger partial charge is 0.0622 e. The van der Waals surface area contributed by atoms with E-state index in [9.17, 15) is 0 Å². The quantitative estimate of drug-likeness (QED) is 0.140. The minimum Gasteiger partial charge on any atom is -0.0622 e. The minimum absolute atomic E-state index is 1.17. The molecule has 13 rings (SSSR count). The van der Waals surface area contributed by atoms with Crippen LogP contribution < -0.4 is 0 Å². The molecule has 0 saturated heterocycles. The predicted octanol–water partition coefficient (Wildman–Crippen LogP) is 19.1. The fourth-order valence-corrected chi connectivity index (χ4v) is 10.9. The molecule has 0 N–H and O–H groups in total. The molecule has 0 atom stereocenters. The van der Waals surface area contributed by atoms with Gasteiger partial charge in [-0.15, -0.1) is 0 Å². The molecule has 13 aromatic carbocycles. The summed E-state index contributed by atoms with van der Waals surface area (Å²) in [5.74, 6) is 0. The van der Waals surface area contributed by atoms with E-state index in [1.54, 1.807) is 0 Å². The van der Waals surface area contributed by atoms with Crippen molar-refractivity contribution in [1.82, 2.24) is 0 Å². The van der Waals surface area contributed by atoms with Gasteiger partial charge in [0.1, 0.15) is 0 Å². The molecule has 0 aliphatic heterocycles. The molecule has 68 heavy (non-hydrogen) atoms. The molecule has 0 aliphatic carbocycles. The smallest absolute Gasteiger partial charge is 0.00259 e. The lowest BCUT2D eigenvalue weighted by Crippen LogP contribution is -1.93. The average molecular weight is 861 g/mol. The minimum atomic E-state index is 1.17. The van der Waals surface area contributed by atoms with Gasteiger partial charge in [-0.2, -0.15) is 0 Å². The lowest BCUT2D eigenvalue weighted by atomic mass is 9.83. The second kappa shape index (κ2) is 16.5. The molecule has 0 aliphatic rings. The SMILES string of the molecule is c1ccc(-c2c3ccccc3c(-c3cccc(-c4cc(-c5cccc(-c6ccc7ccccc7c6)c5)cc(-c5c6ccccc6c(-c6ccccc6)c6ccccc56)c4)c3)c3ccccc23)cc1. The normalized spacial score (nSPS) is 11.5. The third-order valence-electron chi connectivity index (χ3n) is 14.0. The second-order valence-corrected chi connectivity index (χ2v) is 17.9. The Morgan fingerprint density at radius 1 is 0.132 bits per heavy atom. The maximum absolute atomic E-state index is 2.43. The van der Waals surface area contributed by atoms with Gasteiger partial charge in [0.2, 0.25) is 0 Å². The molecule has 0 heterocycles. The highest BCUT2D eigenvalue weighted by Gasteiger charge is 2.20. The van der Waals surface area contributed by atoms with Gasteiger partial charge in [0.15, 0.2) is 0 Å². The highest BCUT2D eigenvalue weighted by molar-refractivity contribution is 6.23. The molecule has 0 nitrogen and oxygen atoms in total. The van der Waals surface area contributed by atoms with Crippen LogP contribution in [0.5, 0.6) is 0 Å². The average Bonchev–Trinajstić information content (AvgIpc) is 3.42. The maximum atomic E-state index is 2.43. The van der Waals surface area contributed by atoms with E-state index >= 15 is 0 Å². The summed E-state index contributed by atoms with van der Waals surface area (Å²) in [5, 5.41) is 12.5. The van der Waals surface area contributed by atoms with E-state index in [0.29, 0.717) is 0 Å². The number of rotatable bonds is 7. The molecule has 0 aromatic heterocycles. The summed E-state index contributed by atoms with van der Waals surface area (Å²) in [7, 11) is 0. The van der Waals surface area contributed by atoms with Crippen molar-refractivity contribution in [3.8, 4) is 77.9 Å². The molecule has 0 spiro atoms. The van der Waals surface area contributed by atoms with Gasteiger partial charge in [-0.3, -0.25) is 0 Å². The third-order valence-corrected chi connectivity index (χ3v) is 14.0. The van der Waals surface area contributed by atoms with Crippen LogP contribution in [0.15, 0.2) is 267 Å². The van der Waals surface area contributed by atoms with Crippen LogP contribution in [0.25, 0.3) is 132 Å². The van der Waals surface area contributed by atoms with Crippen molar-refractivity contribution in [1.29, 1.82) is 0 Å². The zero-order valence-electron chi connectivity index (χ0n) is 37.4. The Morgan fingerprint density at radius 3 is 0.868 bits per heavy atom. The van der Waals surface area contributed by atoms with Gasteiger partial charge in [-0.25, -0.2) is 0 Å². The molecular weight excluding hydrogens is 817 g/mol. The Hall–Kier alpha value is -8.84. The number of hydrogen-bond donors (Lipinski definition) is 0. The van der Waals surface area contributed by atoms with Crippen LogP contribution in [0.4, 0.5) is 0 Å². The van der Waals surface area contributed by atoms with Gasteiger partial charge in [0, 0.05) is 0 Å². The number of fused-ring (bicyclic) bond motifs is 5. The second-order valence-electron chi connectivity index (χ2n) is 17.9. The van der Waals surface area contributed by atoms with Crippen molar-refractivity contribution in [2.24, 2.45) is 0 Å². The molecule has 13 aromatic rings. The fourth-order valence-electron chi connectivity index (χ4n) is 10.9. The van der Waals surface area contributed by atoms with E-state index in [1.807, 2.05) is 0 Å². The monoisotopic (exact) mass is 860 g/mol. The van der Waals surface area contributed by atoms with Crippen LogP contribution in [0, 0.1) is 0 Å². The zero-order valence-corrected chi connectivity index (χ0v) is 37.4. The van der Waals surface area contributed by atoms with E-state index in [4.69, 9.17) is 0 Å². The molecule has 0 unspecified atom stereocenters. The molecule has 0 radical (unpaired) electrons. The van der Waals surface area contributed by atoms with Crippen molar-refractivity contribution in [2.75, 3.05) is 0 Å². The molecule has 316 valence electrons. The first kappa shape index (κ1) is 39.5. The van der Waals surface area contributed by atoms with E-state index in [1.165, 1.54) is 132 Å². The summed E-state index contributed by atoms with van der Waals surface area (Å²) >= 11 is 0. The van der Waals surface area contributed by atoms with Crippen LogP contribution in [0.3, 0.4) is 0 Å². The Kier molecular flexibility index (Phi) is 9.62. The first-order valence-corrected chi connectivity index (χ1v) is 23.6. The third kappa shape index (κ3) is 6.77. The van der Waals surface area contributed by atoms with Crippen molar-refractivity contribution in [3.63, 3.8) is 0 Å². The van der Waals surface area contributed by atoms with E-state index in [0.717, 1.165) is 0 Å². The maximum Gasteiger partial charge on any atom is -0.00259 e. The van der Waals surface area contributed by atoms with Gasteiger partial charge in [0.25, 0.3) is 0 Å². The lowest BCUT2D eigenvalue weighted by molar-refractivity contribution is 1.57. The molecular formula is C68H44. The van der Waals surface area contributed by atoms with Gasteiger partial charge >= 0.3 is 0 Å². The standard InChI is InChI=1S/C68H44/c1-3-20-46(21-4-1)65-57-29-9-13-33-61(57)67(62-34-14-10-30-58(62)65)53-28-18-27-51(41-53)55-42-54(50-26-17-25-49(40-50)52-38-37-45-19-7-8-24-48(45)39-52)43-56(44-55)68-63-35-15-11-31-59(63)66(47-22-5-2-6-23-47)60-32-12-16-36-64(60)68/h1-44H. The predicted molar refractivity (Wildman–Crippen MR) is 292 cm³/mol. The fraction of sp³-hybridized carbons (Fsp3) is 0. The topological polar surface area (TPSA) is 0 Å². The zero-order chi connectivity index (χ0) is 45.0. The summed E-state index contributed by atoms with van der Waals surface area (Å²) in [6.45, 7) is 0. The van der Waals surface area contributed by atoms with Crippen molar-refractivity contribution < 1.29 is 0 Å². The molecule has 0 saturated carbocycles. The summed E-state index contributed by atoms with van der Waals surface area (Å²) in [5.41, 5.74) is 17.0. The van der Waals surface area contributed by atoms with E-state index < -0.39 is 0 Å². The van der Waals surface area contributed by atoms with Crippen molar-refractivity contribution >= 4 is 53.9 Å². The summed E-state index contributed by atoms with van der Waals surface area (Å²) in [6.07, 6.45) is 0. The van der Waals surface area contributed by atoms with Crippen molar-refractivity contribution in [3.05, 3.63) is 267 Å². The Bertz CT molecular complexity index is 3950. The van der Waals surface area contributed by atoms with Crippen molar-refractivity contribution in [2.45, 2.75) is 0 Å². The van der Waals surface area contributed by atoms with Gasteiger partial charge < -0.3 is 0 Å². The van der Waals surface area contributed by atoms with Gasteiger partial charge in [-0.05, 0) is 168 Å². The first-order chi connectivity index (χ1) is 33.7. The molecule has 0 amide bonds. The highest BCUT2D eigenvalue weighted by Crippen LogP contribution is 2.47. The Labute approximate surface area is 396 Å². The molecule has 0 heteroatoms. The summed E-state index contributed by atoms with van der Waals surface area (Å²) in [4.78, 5) is 0. The Balaban J connectivity index is 1.06. The van der Waals surface area contributed by atoms with E-state index in [-0.39, 0.29) is 0 Å². The van der Waals surface area contributed by atoms with Crippen LogP contribution in [-0.4, -0.2) is 0 Å². The lowest BCUT2D eigenvalue weighted by Gasteiger charge is -2.20. The van der Waals surface area contributed by atoms with E-state index in [2.05, 4.69) is 267 Å². The summed E-state index contributed by atoms with van der Waals surface area (Å²) in [6, 6.07) is 98.5. The van der Waals surface area contributed by atoms with Crippen LogP contribution >= 0.6 is 0 Å². The Morgan fingerprint density at radius 2 is 0.412 bits per heavy atom. The van der Waals surface area contributed by atoms with Crippen LogP contribution in [-0.2, 0) is 0 Å². The summed E-state index contributed by atoms with van der Waals surface area (Å²) < 4.78 is 0. The number of hydrogen-bond acceptors (Lipinski definition) is 0. The highest BCUT2D eigenvalue weighted by atomic mass is 14.2.